The number of halogens is 1. The molecule has 0 spiro atoms. The summed E-state index contributed by atoms with van der Waals surface area (Å²) in [5, 5.41) is 5.29. The van der Waals surface area contributed by atoms with Gasteiger partial charge < -0.3 is 5.32 Å². The number of hydrogen-bond donors (Lipinski definition) is 1. The highest BCUT2D eigenvalue weighted by atomic mass is 35.5. The molecule has 8 heteroatoms. The van der Waals surface area contributed by atoms with E-state index in [9.17, 15) is 13.2 Å². The summed E-state index contributed by atoms with van der Waals surface area (Å²) in [5.41, 5.74) is 0.968. The van der Waals surface area contributed by atoms with Crippen LogP contribution in [0.25, 0.3) is 0 Å². The van der Waals surface area contributed by atoms with Gasteiger partial charge in [0, 0.05) is 25.0 Å². The van der Waals surface area contributed by atoms with Gasteiger partial charge >= 0.3 is 0 Å². The van der Waals surface area contributed by atoms with Crippen molar-refractivity contribution in [2.24, 2.45) is 0 Å². The molecule has 1 aromatic carbocycles. The van der Waals surface area contributed by atoms with Gasteiger partial charge in [-0.3, -0.25) is 4.79 Å². The average molecular weight is 401 g/mol. The quantitative estimate of drug-likeness (QED) is 0.734. The molecule has 2 aromatic rings. The number of rotatable bonds is 8. The molecule has 1 atom stereocenters. The molecule has 1 unspecified atom stereocenters. The van der Waals surface area contributed by atoms with Crippen molar-refractivity contribution in [3.8, 4) is 0 Å². The van der Waals surface area contributed by atoms with Gasteiger partial charge in [-0.1, -0.05) is 29.8 Å². The Morgan fingerprint density at radius 3 is 2.56 bits per heavy atom. The lowest BCUT2D eigenvalue weighted by Crippen LogP contribution is -2.30. The van der Waals surface area contributed by atoms with E-state index in [1.165, 1.54) is 22.7 Å². The van der Waals surface area contributed by atoms with E-state index in [0.717, 1.165) is 5.56 Å². The minimum absolute atomic E-state index is 0.107. The first kappa shape index (κ1) is 19.9. The molecule has 1 amide bonds. The Labute approximate surface area is 157 Å². The summed E-state index contributed by atoms with van der Waals surface area (Å²) in [4.78, 5) is 12.1. The van der Waals surface area contributed by atoms with Gasteiger partial charge in [0.1, 0.15) is 4.21 Å². The molecule has 0 bridgehead atoms. The molecule has 0 saturated heterocycles. The van der Waals surface area contributed by atoms with Gasteiger partial charge in [-0.2, -0.15) is 0 Å². The predicted molar refractivity (Wildman–Crippen MR) is 101 cm³/mol. The van der Waals surface area contributed by atoms with Crippen LogP contribution in [0.3, 0.4) is 0 Å². The molecule has 136 valence electrons. The maximum Gasteiger partial charge on any atom is 0.252 e. The van der Waals surface area contributed by atoms with Crippen LogP contribution in [0.4, 0.5) is 0 Å². The van der Waals surface area contributed by atoms with Crippen LogP contribution in [-0.4, -0.2) is 32.2 Å². The zero-order chi connectivity index (χ0) is 18.4. The number of carbonyl (C=O) groups excluding carboxylic acids is 1. The van der Waals surface area contributed by atoms with Crippen molar-refractivity contribution in [2.45, 2.75) is 30.0 Å². The van der Waals surface area contributed by atoms with Crippen molar-refractivity contribution < 1.29 is 13.2 Å². The number of benzene rings is 1. The molecule has 5 nitrogen and oxygen atoms in total. The molecule has 0 fully saturated rings. The fourth-order valence-corrected chi connectivity index (χ4v) is 4.83. The predicted octanol–water partition coefficient (Wildman–Crippen LogP) is 3.68. The van der Waals surface area contributed by atoms with Gasteiger partial charge in [0.15, 0.2) is 0 Å². The highest BCUT2D eigenvalue weighted by Crippen LogP contribution is 2.20. The Hall–Kier alpha value is -1.41. The number of hydrogen-bond acceptors (Lipinski definition) is 4. The lowest BCUT2D eigenvalue weighted by Gasteiger charge is -2.17. The van der Waals surface area contributed by atoms with Gasteiger partial charge in [0.25, 0.3) is 10.0 Å². The zero-order valence-corrected chi connectivity index (χ0v) is 16.5. The number of amides is 1. The highest BCUT2D eigenvalue weighted by molar-refractivity contribution is 7.91. The largest absolute Gasteiger partial charge is 0.350 e. The van der Waals surface area contributed by atoms with Gasteiger partial charge in [0.2, 0.25) is 5.91 Å². The van der Waals surface area contributed by atoms with Gasteiger partial charge in [-0.05, 0) is 42.5 Å². The minimum atomic E-state index is -3.46. The van der Waals surface area contributed by atoms with Crippen LogP contribution in [0.15, 0.2) is 46.0 Å². The summed E-state index contributed by atoms with van der Waals surface area (Å²) >= 11 is 7.04. The number of carbonyl (C=O) groups is 1. The Morgan fingerprint density at radius 1 is 1.28 bits per heavy atom. The minimum Gasteiger partial charge on any atom is -0.350 e. The Balaban J connectivity index is 1.79. The Kier molecular flexibility index (Phi) is 7.01. The lowest BCUT2D eigenvalue weighted by atomic mass is 10.1. The molecule has 0 radical (unpaired) electrons. The topological polar surface area (TPSA) is 66.5 Å². The third-order valence-corrected chi connectivity index (χ3v) is 7.27. The SMILES string of the molecule is CC(NC(=O)CCCN(C)S(=O)(=O)c1cccs1)c1ccc(Cl)cc1. The van der Waals surface area contributed by atoms with E-state index < -0.39 is 10.0 Å². The van der Waals surface area contributed by atoms with E-state index in [2.05, 4.69) is 5.32 Å². The molecule has 25 heavy (non-hydrogen) atoms. The van der Waals surface area contributed by atoms with Crippen molar-refractivity contribution >= 4 is 38.9 Å². The van der Waals surface area contributed by atoms with Gasteiger partial charge in [-0.25, -0.2) is 12.7 Å². The fraction of sp³-hybridized carbons (Fsp3) is 0.353. The van der Waals surface area contributed by atoms with E-state index in [1.54, 1.807) is 29.6 Å². The Morgan fingerprint density at radius 2 is 1.96 bits per heavy atom. The smallest absolute Gasteiger partial charge is 0.252 e. The average Bonchev–Trinajstić information content (AvgIpc) is 3.10. The number of sulfonamides is 1. The van der Waals surface area contributed by atoms with Crippen LogP contribution in [0.2, 0.25) is 5.02 Å². The first-order valence-corrected chi connectivity index (χ1v) is 10.5. The molecule has 2 rings (SSSR count). The van der Waals surface area contributed by atoms with E-state index in [-0.39, 0.29) is 18.4 Å². The first-order chi connectivity index (χ1) is 11.8. The molecule has 0 aliphatic rings. The molecule has 1 N–H and O–H groups in total. The number of nitrogens with one attached hydrogen (secondary N) is 1. The molecule has 1 heterocycles. The second-order valence-corrected chi connectivity index (χ2v) is 9.36. The Bertz CT molecular complexity index is 790. The summed E-state index contributed by atoms with van der Waals surface area (Å²) in [6.45, 7) is 2.19. The van der Waals surface area contributed by atoms with Crippen LogP contribution in [0, 0.1) is 0 Å². The summed E-state index contributed by atoms with van der Waals surface area (Å²) < 4.78 is 26.2. The summed E-state index contributed by atoms with van der Waals surface area (Å²) in [6, 6.07) is 10.5. The number of thiophene rings is 1. The van der Waals surface area contributed by atoms with E-state index in [0.29, 0.717) is 22.2 Å². The van der Waals surface area contributed by atoms with Crippen LogP contribution >= 0.6 is 22.9 Å². The fourth-order valence-electron chi connectivity index (χ4n) is 2.29. The summed E-state index contributed by atoms with van der Waals surface area (Å²) in [6.07, 6.45) is 0.725. The summed E-state index contributed by atoms with van der Waals surface area (Å²) in [7, 11) is -1.93. The number of nitrogens with zero attached hydrogens (tertiary/aromatic N) is 1. The van der Waals surface area contributed by atoms with Crippen molar-refractivity contribution in [1.29, 1.82) is 0 Å². The zero-order valence-electron chi connectivity index (χ0n) is 14.1. The van der Waals surface area contributed by atoms with Gasteiger partial charge in [0.05, 0.1) is 6.04 Å². The van der Waals surface area contributed by atoms with Crippen molar-refractivity contribution in [3.05, 3.63) is 52.4 Å². The molecule has 0 aliphatic carbocycles. The maximum absolute atomic E-state index is 12.3. The molecular weight excluding hydrogens is 380 g/mol. The molecular formula is C17H21ClN2O3S2. The van der Waals surface area contributed by atoms with Crippen LogP contribution in [0.5, 0.6) is 0 Å². The van der Waals surface area contributed by atoms with Crippen LogP contribution in [0.1, 0.15) is 31.4 Å². The highest BCUT2D eigenvalue weighted by Gasteiger charge is 2.21. The third kappa shape index (κ3) is 5.54. The molecule has 0 saturated carbocycles. The molecule has 1 aromatic heterocycles. The standard InChI is InChI=1S/C17H21ClN2O3S2/c1-13(14-7-9-15(18)10-8-14)19-16(21)5-3-11-20(2)25(22,23)17-6-4-12-24-17/h4,6-10,12-13H,3,5,11H2,1-2H3,(H,19,21). The second-order valence-electron chi connectivity index (χ2n) is 5.70. The summed E-state index contributed by atoms with van der Waals surface area (Å²) in [5.74, 6) is -0.107. The van der Waals surface area contributed by atoms with Crippen LogP contribution in [-0.2, 0) is 14.8 Å². The normalized spacial score (nSPS) is 13.0. The van der Waals surface area contributed by atoms with Crippen molar-refractivity contribution in [1.82, 2.24) is 9.62 Å². The first-order valence-electron chi connectivity index (χ1n) is 7.85. The third-order valence-electron chi connectivity index (χ3n) is 3.78. The van der Waals surface area contributed by atoms with Crippen LogP contribution < -0.4 is 5.32 Å². The monoisotopic (exact) mass is 400 g/mol. The molecule has 0 aliphatic heterocycles. The van der Waals surface area contributed by atoms with E-state index in [4.69, 9.17) is 11.6 Å². The van der Waals surface area contributed by atoms with Crippen molar-refractivity contribution in [3.63, 3.8) is 0 Å². The lowest BCUT2D eigenvalue weighted by molar-refractivity contribution is -0.121. The van der Waals surface area contributed by atoms with E-state index >= 15 is 0 Å². The second kappa shape index (κ2) is 8.80. The van der Waals surface area contributed by atoms with Gasteiger partial charge in [-0.15, -0.1) is 11.3 Å². The van der Waals surface area contributed by atoms with Crippen molar-refractivity contribution in [2.75, 3.05) is 13.6 Å². The maximum atomic E-state index is 12.3. The van der Waals surface area contributed by atoms with E-state index in [1.807, 2.05) is 19.1 Å².